The molecule has 1 fully saturated rings. The summed E-state index contributed by atoms with van der Waals surface area (Å²) in [6, 6.07) is 9.65. The molecule has 2 amide bonds. The molecule has 3 N–H and O–H groups in total. The number of urea groups is 1. The monoisotopic (exact) mass is 231 g/mol. The number of nitrogens with zero attached hydrogens (tertiary/aromatic N) is 1. The highest BCUT2D eigenvalue weighted by Gasteiger charge is 2.37. The Morgan fingerprint density at radius 2 is 2.12 bits per heavy atom. The summed E-state index contributed by atoms with van der Waals surface area (Å²) in [5, 5.41) is 4.14. The van der Waals surface area contributed by atoms with E-state index < -0.39 is 6.03 Å². The molecule has 1 saturated carbocycles. The van der Waals surface area contributed by atoms with Gasteiger partial charge >= 0.3 is 6.03 Å². The lowest BCUT2D eigenvalue weighted by atomic mass is 9.80. The number of nitrogens with one attached hydrogen (secondary N) is 1. The number of amides is 2. The van der Waals surface area contributed by atoms with Crippen LogP contribution in [0.2, 0.25) is 0 Å². The molecule has 0 radical (unpaired) electrons. The summed E-state index contributed by atoms with van der Waals surface area (Å²) in [6.07, 6.45) is 3.05. The topological polar surface area (TPSA) is 67.5 Å². The predicted molar refractivity (Wildman–Crippen MR) is 67.8 cm³/mol. The quantitative estimate of drug-likeness (QED) is 0.752. The van der Waals surface area contributed by atoms with Crippen LogP contribution in [0.3, 0.4) is 0 Å². The molecule has 0 aliphatic heterocycles. The van der Waals surface area contributed by atoms with Crippen molar-refractivity contribution in [3.63, 3.8) is 0 Å². The number of hydrogen-bond acceptors (Lipinski definition) is 2. The summed E-state index contributed by atoms with van der Waals surface area (Å²) in [6.45, 7) is 2.16. The highest BCUT2D eigenvalue weighted by Crippen LogP contribution is 2.38. The van der Waals surface area contributed by atoms with Crippen LogP contribution < -0.4 is 11.2 Å². The van der Waals surface area contributed by atoms with Gasteiger partial charge in [0.2, 0.25) is 0 Å². The van der Waals surface area contributed by atoms with E-state index in [1.165, 1.54) is 5.56 Å². The lowest BCUT2D eigenvalue weighted by molar-refractivity contribution is 0.249. The maximum absolute atomic E-state index is 10.7. The molecule has 90 valence electrons. The molecule has 0 bridgehead atoms. The van der Waals surface area contributed by atoms with Crippen LogP contribution in [-0.2, 0) is 5.41 Å². The number of benzene rings is 1. The molecule has 4 nitrogen and oxygen atoms in total. The summed E-state index contributed by atoms with van der Waals surface area (Å²) in [7, 11) is 0. The van der Waals surface area contributed by atoms with Gasteiger partial charge in [-0.05, 0) is 24.8 Å². The van der Waals surface area contributed by atoms with Crippen LogP contribution in [-0.4, -0.2) is 11.7 Å². The van der Waals surface area contributed by atoms with E-state index in [9.17, 15) is 4.79 Å². The zero-order valence-electron chi connectivity index (χ0n) is 9.94. The maximum Gasteiger partial charge on any atom is 0.332 e. The molecule has 0 spiro atoms. The van der Waals surface area contributed by atoms with Crippen LogP contribution in [0.15, 0.2) is 35.4 Å². The van der Waals surface area contributed by atoms with Gasteiger partial charge in [0.05, 0.1) is 0 Å². The summed E-state index contributed by atoms with van der Waals surface area (Å²) in [5.74, 6) is 0. The van der Waals surface area contributed by atoms with Crippen LogP contribution >= 0.6 is 0 Å². The van der Waals surface area contributed by atoms with Crippen LogP contribution in [0.25, 0.3) is 0 Å². The maximum atomic E-state index is 10.7. The van der Waals surface area contributed by atoms with Crippen LogP contribution in [0.4, 0.5) is 4.79 Å². The zero-order valence-corrected chi connectivity index (χ0v) is 9.94. The Morgan fingerprint density at radius 1 is 1.41 bits per heavy atom. The summed E-state index contributed by atoms with van der Waals surface area (Å²) in [5.41, 5.74) is 9.54. The molecule has 1 aromatic rings. The van der Waals surface area contributed by atoms with E-state index in [2.05, 4.69) is 29.6 Å². The zero-order chi connectivity index (χ0) is 12.3. The second kappa shape index (κ2) is 4.57. The van der Waals surface area contributed by atoms with E-state index in [4.69, 9.17) is 5.73 Å². The van der Waals surface area contributed by atoms with Crippen LogP contribution in [0, 0.1) is 0 Å². The van der Waals surface area contributed by atoms with E-state index in [0.29, 0.717) is 0 Å². The van der Waals surface area contributed by atoms with Crippen molar-refractivity contribution >= 4 is 11.7 Å². The van der Waals surface area contributed by atoms with Gasteiger partial charge in [0.1, 0.15) is 0 Å². The molecule has 0 saturated heterocycles. The summed E-state index contributed by atoms with van der Waals surface area (Å²) < 4.78 is 0. The smallest absolute Gasteiger partial charge is 0.332 e. The Hall–Kier alpha value is -1.84. The molecule has 1 aliphatic rings. The Kier molecular flexibility index (Phi) is 3.13. The van der Waals surface area contributed by atoms with Gasteiger partial charge in [0, 0.05) is 11.1 Å². The number of carbonyl (C=O) groups is 1. The Labute approximate surface area is 101 Å². The third-order valence-corrected chi connectivity index (χ3v) is 3.44. The normalized spacial score (nSPS) is 26.1. The molecule has 0 aromatic heterocycles. The minimum Gasteiger partial charge on any atom is -0.350 e. The van der Waals surface area contributed by atoms with Gasteiger partial charge in [-0.2, -0.15) is 5.10 Å². The van der Waals surface area contributed by atoms with Crippen molar-refractivity contribution in [3.8, 4) is 0 Å². The third kappa shape index (κ3) is 2.30. The molecule has 4 heteroatoms. The highest BCUT2D eigenvalue weighted by molar-refractivity contribution is 5.97. The molecular weight excluding hydrogens is 214 g/mol. The first kappa shape index (κ1) is 11.6. The van der Waals surface area contributed by atoms with Crippen molar-refractivity contribution in [2.24, 2.45) is 10.8 Å². The predicted octanol–water partition coefficient (Wildman–Crippen LogP) is 2.15. The third-order valence-electron chi connectivity index (χ3n) is 3.44. The van der Waals surface area contributed by atoms with E-state index in [-0.39, 0.29) is 5.41 Å². The van der Waals surface area contributed by atoms with Gasteiger partial charge in [0.25, 0.3) is 0 Å². The number of hydrogen-bond donors (Lipinski definition) is 2. The van der Waals surface area contributed by atoms with Crippen molar-refractivity contribution in [2.75, 3.05) is 0 Å². The molecule has 2 rings (SSSR count). The van der Waals surface area contributed by atoms with E-state index in [1.54, 1.807) is 0 Å². The lowest BCUT2D eigenvalue weighted by Crippen LogP contribution is -2.32. The minimum atomic E-state index is -0.611. The molecule has 0 heterocycles. The van der Waals surface area contributed by atoms with E-state index in [1.807, 2.05) is 18.2 Å². The standard InChI is InChI=1S/C13H17N3O/c1-13(10-6-3-2-4-7-10)9-5-8-11(13)15-16-12(14)17/h2-4,6-7H,5,8-9H2,1H3,(H3,14,16,17)/b15-11-. The fraction of sp³-hybridized carbons (Fsp3) is 0.385. The van der Waals surface area contributed by atoms with Crippen molar-refractivity contribution in [3.05, 3.63) is 35.9 Å². The molecule has 1 aliphatic carbocycles. The average molecular weight is 231 g/mol. The van der Waals surface area contributed by atoms with E-state index >= 15 is 0 Å². The number of rotatable bonds is 2. The average Bonchev–Trinajstić information content (AvgIpc) is 2.70. The van der Waals surface area contributed by atoms with Crippen molar-refractivity contribution in [2.45, 2.75) is 31.6 Å². The molecule has 1 aromatic carbocycles. The van der Waals surface area contributed by atoms with Crippen molar-refractivity contribution in [1.82, 2.24) is 5.43 Å². The Bertz CT molecular complexity index is 441. The SMILES string of the molecule is CC1(c2ccccc2)CCC/C1=N/NC(N)=O. The molecule has 1 atom stereocenters. The molecule has 17 heavy (non-hydrogen) atoms. The van der Waals surface area contributed by atoms with Crippen molar-refractivity contribution in [1.29, 1.82) is 0 Å². The first-order valence-corrected chi connectivity index (χ1v) is 5.81. The van der Waals surface area contributed by atoms with Crippen LogP contribution in [0.1, 0.15) is 31.7 Å². The van der Waals surface area contributed by atoms with Gasteiger partial charge in [-0.15, -0.1) is 0 Å². The fourth-order valence-corrected chi connectivity index (χ4v) is 2.45. The largest absolute Gasteiger partial charge is 0.350 e. The highest BCUT2D eigenvalue weighted by atomic mass is 16.2. The van der Waals surface area contributed by atoms with E-state index in [0.717, 1.165) is 25.0 Å². The second-order valence-corrected chi connectivity index (χ2v) is 4.59. The second-order valence-electron chi connectivity index (χ2n) is 4.59. The lowest BCUT2D eigenvalue weighted by Gasteiger charge is -2.25. The Balaban J connectivity index is 2.29. The number of primary amides is 1. The van der Waals surface area contributed by atoms with Gasteiger partial charge in [0.15, 0.2) is 0 Å². The first-order valence-electron chi connectivity index (χ1n) is 5.81. The number of carbonyl (C=O) groups excluding carboxylic acids is 1. The summed E-state index contributed by atoms with van der Waals surface area (Å²) in [4.78, 5) is 10.7. The van der Waals surface area contributed by atoms with Gasteiger partial charge in [-0.1, -0.05) is 37.3 Å². The van der Waals surface area contributed by atoms with Crippen molar-refractivity contribution < 1.29 is 4.79 Å². The number of nitrogens with two attached hydrogens (primary N) is 1. The van der Waals surface area contributed by atoms with Gasteiger partial charge in [-0.25, -0.2) is 10.2 Å². The first-order chi connectivity index (χ1) is 8.13. The minimum absolute atomic E-state index is 0.0797. The van der Waals surface area contributed by atoms with Crippen LogP contribution in [0.5, 0.6) is 0 Å². The number of hydrazone groups is 1. The molecular formula is C13H17N3O. The molecule has 1 unspecified atom stereocenters. The van der Waals surface area contributed by atoms with Gasteiger partial charge < -0.3 is 5.73 Å². The Morgan fingerprint density at radius 3 is 2.76 bits per heavy atom. The fourth-order valence-electron chi connectivity index (χ4n) is 2.45. The summed E-state index contributed by atoms with van der Waals surface area (Å²) >= 11 is 0. The van der Waals surface area contributed by atoms with Gasteiger partial charge in [-0.3, -0.25) is 0 Å².